The lowest BCUT2D eigenvalue weighted by Gasteiger charge is -2.31. The van der Waals surface area contributed by atoms with E-state index in [2.05, 4.69) is 6.92 Å². The van der Waals surface area contributed by atoms with Crippen LogP contribution in [0.1, 0.15) is 65.2 Å². The fourth-order valence-electron chi connectivity index (χ4n) is 1.97. The van der Waals surface area contributed by atoms with E-state index in [4.69, 9.17) is 9.90 Å². The van der Waals surface area contributed by atoms with E-state index in [1.54, 1.807) is 0 Å². The van der Waals surface area contributed by atoms with Crippen LogP contribution >= 0.6 is 0 Å². The van der Waals surface area contributed by atoms with Crippen LogP contribution < -0.4 is 0 Å². The van der Waals surface area contributed by atoms with Crippen molar-refractivity contribution in [1.82, 2.24) is 0 Å². The molecule has 0 amide bonds. The average molecular weight is 216 g/mol. The minimum Gasteiger partial charge on any atom is -0.481 e. The second kappa shape index (κ2) is 7.69. The molecule has 90 valence electrons. The monoisotopic (exact) mass is 216 g/mol. The second-order valence-corrected chi connectivity index (χ2v) is 4.41. The lowest BCUT2D eigenvalue weighted by molar-refractivity contribution is -0.134. The van der Waals surface area contributed by atoms with Gasteiger partial charge in [0.15, 0.2) is 0 Å². The number of aliphatic hydroxyl groups is 1. The Morgan fingerprint density at radius 2 is 1.73 bits per heavy atom. The first-order valence-corrected chi connectivity index (χ1v) is 5.92. The summed E-state index contributed by atoms with van der Waals surface area (Å²) in [6.45, 7) is 3.27. The van der Waals surface area contributed by atoms with Crippen LogP contribution in [-0.2, 0) is 4.79 Å². The Balaban J connectivity index is 0.000000423. The molecule has 0 unspecified atom stereocenters. The SMILES string of the molecule is CC(=O)O.CCCCC1(O)CCCCC1. The van der Waals surface area contributed by atoms with E-state index < -0.39 is 5.97 Å². The molecule has 0 radical (unpaired) electrons. The van der Waals surface area contributed by atoms with E-state index in [1.807, 2.05) is 0 Å². The number of hydrogen-bond donors (Lipinski definition) is 2. The molecule has 0 aromatic heterocycles. The van der Waals surface area contributed by atoms with Gasteiger partial charge >= 0.3 is 0 Å². The Labute approximate surface area is 92.5 Å². The Bertz CT molecular complexity index is 168. The smallest absolute Gasteiger partial charge is 0.300 e. The summed E-state index contributed by atoms with van der Waals surface area (Å²) in [4.78, 5) is 9.00. The third-order valence-electron chi connectivity index (χ3n) is 2.78. The molecule has 1 saturated carbocycles. The Morgan fingerprint density at radius 1 is 1.27 bits per heavy atom. The molecule has 1 fully saturated rings. The van der Waals surface area contributed by atoms with Gasteiger partial charge in [-0.2, -0.15) is 0 Å². The molecule has 0 aliphatic heterocycles. The first-order valence-electron chi connectivity index (χ1n) is 5.92. The Kier molecular flexibility index (Phi) is 7.39. The summed E-state index contributed by atoms with van der Waals surface area (Å²) in [5.41, 5.74) is -0.270. The van der Waals surface area contributed by atoms with Gasteiger partial charge < -0.3 is 10.2 Å². The molecule has 1 aliphatic rings. The van der Waals surface area contributed by atoms with Gasteiger partial charge in [-0.15, -0.1) is 0 Å². The van der Waals surface area contributed by atoms with Gasteiger partial charge in [0.1, 0.15) is 0 Å². The van der Waals surface area contributed by atoms with Crippen LogP contribution in [0, 0.1) is 0 Å². The number of carboxylic acid groups (broad SMARTS) is 1. The quantitative estimate of drug-likeness (QED) is 0.762. The first kappa shape index (κ1) is 14.4. The summed E-state index contributed by atoms with van der Waals surface area (Å²) in [5, 5.41) is 17.4. The molecule has 0 atom stereocenters. The van der Waals surface area contributed by atoms with Gasteiger partial charge in [0.2, 0.25) is 0 Å². The third-order valence-corrected chi connectivity index (χ3v) is 2.78. The van der Waals surface area contributed by atoms with Crippen molar-refractivity contribution in [2.75, 3.05) is 0 Å². The molecular weight excluding hydrogens is 192 g/mol. The molecule has 2 N–H and O–H groups in total. The molecule has 0 aromatic carbocycles. The second-order valence-electron chi connectivity index (χ2n) is 4.41. The van der Waals surface area contributed by atoms with E-state index in [0.29, 0.717) is 0 Å². The fourth-order valence-corrected chi connectivity index (χ4v) is 1.97. The molecular formula is C12H24O3. The van der Waals surface area contributed by atoms with Crippen LogP contribution in [0.25, 0.3) is 0 Å². The summed E-state index contributed by atoms with van der Waals surface area (Å²) < 4.78 is 0. The molecule has 3 nitrogen and oxygen atoms in total. The zero-order valence-corrected chi connectivity index (χ0v) is 9.96. The predicted octanol–water partition coefficient (Wildman–Crippen LogP) is 2.96. The number of rotatable bonds is 3. The van der Waals surface area contributed by atoms with Crippen molar-refractivity contribution in [3.63, 3.8) is 0 Å². The molecule has 1 aliphatic carbocycles. The van der Waals surface area contributed by atoms with Gasteiger partial charge in [-0.25, -0.2) is 0 Å². The van der Waals surface area contributed by atoms with E-state index in [0.717, 1.165) is 26.2 Å². The fraction of sp³-hybridized carbons (Fsp3) is 0.917. The third kappa shape index (κ3) is 8.43. The summed E-state index contributed by atoms with van der Waals surface area (Å²) in [6, 6.07) is 0. The Hall–Kier alpha value is -0.570. The van der Waals surface area contributed by atoms with Crippen LogP contribution in [0.2, 0.25) is 0 Å². The zero-order valence-electron chi connectivity index (χ0n) is 9.96. The van der Waals surface area contributed by atoms with Crippen LogP contribution in [0.3, 0.4) is 0 Å². The maximum Gasteiger partial charge on any atom is 0.300 e. The van der Waals surface area contributed by atoms with Crippen LogP contribution in [0.15, 0.2) is 0 Å². The molecule has 0 spiro atoms. The standard InChI is InChI=1S/C10H20O.C2H4O2/c1-2-3-7-10(11)8-5-4-6-9-10;1-2(3)4/h11H,2-9H2,1H3;1H3,(H,3,4). The maximum atomic E-state index is 10.0. The van der Waals surface area contributed by atoms with E-state index >= 15 is 0 Å². The topological polar surface area (TPSA) is 57.5 Å². The molecule has 0 bridgehead atoms. The van der Waals surface area contributed by atoms with Crippen LogP contribution in [0.4, 0.5) is 0 Å². The largest absolute Gasteiger partial charge is 0.481 e. The van der Waals surface area contributed by atoms with Crippen molar-refractivity contribution in [3.05, 3.63) is 0 Å². The number of aliphatic carboxylic acids is 1. The number of carbonyl (C=O) groups is 1. The van der Waals surface area contributed by atoms with Gasteiger partial charge in [0, 0.05) is 6.92 Å². The minimum atomic E-state index is -0.833. The van der Waals surface area contributed by atoms with Gasteiger partial charge in [-0.05, 0) is 19.3 Å². The van der Waals surface area contributed by atoms with Crippen molar-refractivity contribution in [2.24, 2.45) is 0 Å². The highest BCUT2D eigenvalue weighted by Crippen LogP contribution is 2.31. The van der Waals surface area contributed by atoms with Gasteiger partial charge in [0.25, 0.3) is 5.97 Å². The lowest BCUT2D eigenvalue weighted by Crippen LogP contribution is -2.30. The van der Waals surface area contributed by atoms with Crippen LogP contribution in [0.5, 0.6) is 0 Å². The summed E-state index contributed by atoms with van der Waals surface area (Å²) in [5.74, 6) is -0.833. The highest BCUT2D eigenvalue weighted by Gasteiger charge is 2.27. The Morgan fingerprint density at radius 3 is 2.13 bits per heavy atom. The first-order chi connectivity index (χ1) is 7.00. The van der Waals surface area contributed by atoms with Crippen molar-refractivity contribution in [3.8, 4) is 0 Å². The summed E-state index contributed by atoms with van der Waals surface area (Å²) in [7, 11) is 0. The van der Waals surface area contributed by atoms with Crippen molar-refractivity contribution in [1.29, 1.82) is 0 Å². The van der Waals surface area contributed by atoms with E-state index in [9.17, 15) is 5.11 Å². The number of hydrogen-bond acceptors (Lipinski definition) is 2. The molecule has 15 heavy (non-hydrogen) atoms. The molecule has 3 heteroatoms. The number of carboxylic acids is 1. The highest BCUT2D eigenvalue weighted by molar-refractivity contribution is 5.62. The molecule has 0 saturated heterocycles. The zero-order chi connectivity index (χ0) is 11.7. The number of unbranched alkanes of at least 4 members (excludes halogenated alkanes) is 1. The van der Waals surface area contributed by atoms with Crippen molar-refractivity contribution >= 4 is 5.97 Å². The molecule has 1 rings (SSSR count). The molecule has 0 heterocycles. The molecule has 0 aromatic rings. The van der Waals surface area contributed by atoms with E-state index in [1.165, 1.54) is 32.1 Å². The lowest BCUT2D eigenvalue weighted by atomic mass is 9.81. The predicted molar refractivity (Wildman–Crippen MR) is 60.9 cm³/mol. The van der Waals surface area contributed by atoms with Crippen molar-refractivity contribution < 1.29 is 15.0 Å². The minimum absolute atomic E-state index is 0.270. The summed E-state index contributed by atoms with van der Waals surface area (Å²) in [6.07, 6.45) is 9.33. The maximum absolute atomic E-state index is 10.0. The van der Waals surface area contributed by atoms with Gasteiger partial charge in [-0.1, -0.05) is 39.0 Å². The highest BCUT2D eigenvalue weighted by atomic mass is 16.4. The normalized spacial score (nSPS) is 18.9. The van der Waals surface area contributed by atoms with Gasteiger partial charge in [0.05, 0.1) is 5.60 Å². The average Bonchev–Trinajstić information content (AvgIpc) is 2.15. The van der Waals surface area contributed by atoms with E-state index in [-0.39, 0.29) is 5.60 Å². The van der Waals surface area contributed by atoms with Crippen molar-refractivity contribution in [2.45, 2.75) is 70.8 Å². The van der Waals surface area contributed by atoms with Gasteiger partial charge in [-0.3, -0.25) is 4.79 Å². The summed E-state index contributed by atoms with van der Waals surface area (Å²) >= 11 is 0. The van der Waals surface area contributed by atoms with Crippen LogP contribution in [-0.4, -0.2) is 21.8 Å².